The number of pyridine rings is 1. The van der Waals surface area contributed by atoms with Gasteiger partial charge in [0, 0.05) is 11.1 Å². The van der Waals surface area contributed by atoms with Crippen LogP contribution in [0.4, 0.5) is 5.69 Å². The van der Waals surface area contributed by atoms with E-state index in [0.717, 1.165) is 16.0 Å². The molecule has 0 aliphatic carbocycles. The molecule has 0 saturated heterocycles. The summed E-state index contributed by atoms with van der Waals surface area (Å²) in [4.78, 5) is 30.8. The van der Waals surface area contributed by atoms with Gasteiger partial charge < -0.3 is 10.1 Å². The fraction of sp³-hybridized carbons (Fsp3) is 0.125. The van der Waals surface area contributed by atoms with Gasteiger partial charge >= 0.3 is 5.97 Å². The Labute approximate surface area is 178 Å². The highest BCUT2D eigenvalue weighted by Crippen LogP contribution is 2.28. The van der Waals surface area contributed by atoms with Crippen LogP contribution in [-0.2, 0) is 9.53 Å². The van der Waals surface area contributed by atoms with Crippen molar-refractivity contribution < 1.29 is 14.3 Å². The van der Waals surface area contributed by atoms with Gasteiger partial charge in [0.2, 0.25) is 0 Å². The maximum atomic E-state index is 12.8. The first-order valence-electron chi connectivity index (χ1n) is 9.50. The van der Waals surface area contributed by atoms with Crippen LogP contribution in [0.2, 0.25) is 0 Å². The molecule has 0 spiro atoms. The molecule has 0 bridgehead atoms. The number of nitrogens with one attached hydrogen (secondary N) is 1. The molecule has 0 aliphatic heterocycles. The molecule has 4 aromatic rings. The molecule has 30 heavy (non-hydrogen) atoms. The molecular formula is C24H20N2O3S. The van der Waals surface area contributed by atoms with E-state index in [0.29, 0.717) is 27.8 Å². The number of aryl methyl sites for hydroxylation is 1. The zero-order valence-corrected chi connectivity index (χ0v) is 17.5. The second kappa shape index (κ2) is 8.47. The molecule has 0 aliphatic rings. The van der Waals surface area contributed by atoms with E-state index < -0.39 is 5.97 Å². The Morgan fingerprint density at radius 2 is 1.87 bits per heavy atom. The Morgan fingerprint density at radius 3 is 2.67 bits per heavy atom. The van der Waals surface area contributed by atoms with E-state index in [1.807, 2.05) is 73.8 Å². The summed E-state index contributed by atoms with van der Waals surface area (Å²) in [5.41, 5.74) is 4.58. The Balaban J connectivity index is 1.54. The quantitative estimate of drug-likeness (QED) is 0.444. The number of hydrogen-bond donors (Lipinski definition) is 1. The van der Waals surface area contributed by atoms with Gasteiger partial charge in [-0.3, -0.25) is 4.79 Å². The molecule has 150 valence electrons. The average Bonchev–Trinajstić information content (AvgIpc) is 3.29. The summed E-state index contributed by atoms with van der Waals surface area (Å²) in [6, 6.07) is 18.7. The number of anilines is 1. The fourth-order valence-corrected chi connectivity index (χ4v) is 3.86. The normalized spacial score (nSPS) is 10.7. The van der Waals surface area contributed by atoms with Crippen LogP contribution in [-0.4, -0.2) is 23.5 Å². The van der Waals surface area contributed by atoms with Crippen LogP contribution in [0.15, 0.2) is 66.0 Å². The van der Waals surface area contributed by atoms with Gasteiger partial charge in [0.05, 0.1) is 21.7 Å². The summed E-state index contributed by atoms with van der Waals surface area (Å²) in [5, 5.41) is 5.45. The van der Waals surface area contributed by atoms with E-state index in [1.165, 1.54) is 0 Å². The lowest BCUT2D eigenvalue weighted by atomic mass is 10.1. The number of hydrogen-bond acceptors (Lipinski definition) is 5. The fourth-order valence-electron chi connectivity index (χ4n) is 3.18. The number of thiophene rings is 1. The number of aromatic nitrogens is 1. The molecule has 2 heterocycles. The maximum Gasteiger partial charge on any atom is 0.339 e. The van der Waals surface area contributed by atoms with Crippen molar-refractivity contribution in [3.05, 3.63) is 82.7 Å². The minimum Gasteiger partial charge on any atom is -0.452 e. The van der Waals surface area contributed by atoms with Crippen molar-refractivity contribution in [2.45, 2.75) is 13.8 Å². The lowest BCUT2D eigenvalue weighted by Crippen LogP contribution is -2.21. The molecule has 0 atom stereocenters. The second-order valence-corrected chi connectivity index (χ2v) is 7.87. The average molecular weight is 417 g/mol. The Morgan fingerprint density at radius 1 is 1.03 bits per heavy atom. The minimum atomic E-state index is -0.553. The number of carbonyl (C=O) groups excluding carboxylic acids is 2. The van der Waals surface area contributed by atoms with Gasteiger partial charge in [-0.1, -0.05) is 36.4 Å². The molecule has 6 heteroatoms. The van der Waals surface area contributed by atoms with Crippen molar-refractivity contribution in [2.75, 3.05) is 11.9 Å². The highest BCUT2D eigenvalue weighted by molar-refractivity contribution is 7.13. The minimum absolute atomic E-state index is 0.364. The van der Waals surface area contributed by atoms with Gasteiger partial charge in [-0.05, 0) is 54.6 Å². The highest BCUT2D eigenvalue weighted by atomic mass is 32.1. The predicted octanol–water partition coefficient (Wildman–Crippen LogP) is 5.38. The van der Waals surface area contributed by atoms with Crippen LogP contribution in [0.25, 0.3) is 21.5 Å². The third-order valence-corrected chi connectivity index (χ3v) is 5.82. The van der Waals surface area contributed by atoms with Crippen molar-refractivity contribution in [2.24, 2.45) is 0 Å². The van der Waals surface area contributed by atoms with Gasteiger partial charge in [0.25, 0.3) is 5.91 Å². The second-order valence-electron chi connectivity index (χ2n) is 6.92. The monoisotopic (exact) mass is 416 g/mol. The largest absolute Gasteiger partial charge is 0.452 e. The van der Waals surface area contributed by atoms with Crippen molar-refractivity contribution >= 4 is 39.8 Å². The van der Waals surface area contributed by atoms with Gasteiger partial charge in [-0.25, -0.2) is 9.78 Å². The van der Waals surface area contributed by atoms with E-state index in [1.54, 1.807) is 17.4 Å². The molecular weight excluding hydrogens is 396 g/mol. The molecule has 5 nitrogen and oxygen atoms in total. The molecule has 0 unspecified atom stereocenters. The lowest BCUT2D eigenvalue weighted by molar-refractivity contribution is -0.119. The van der Waals surface area contributed by atoms with E-state index in [-0.39, 0.29) is 12.5 Å². The van der Waals surface area contributed by atoms with Crippen LogP contribution in [0.1, 0.15) is 21.5 Å². The summed E-state index contributed by atoms with van der Waals surface area (Å²) >= 11 is 1.55. The summed E-state index contributed by atoms with van der Waals surface area (Å²) < 4.78 is 5.34. The molecule has 0 fully saturated rings. The predicted molar refractivity (Wildman–Crippen MR) is 120 cm³/mol. The van der Waals surface area contributed by atoms with Crippen LogP contribution < -0.4 is 5.32 Å². The first kappa shape index (κ1) is 19.8. The standard InChI is InChI=1S/C24H20N2O3S/c1-15-7-5-10-19(16(15)2)26-23(27)14-29-24(28)18-13-21(22-11-6-12-30-22)25-20-9-4-3-8-17(18)20/h3-13H,14H2,1-2H3,(H,26,27). The van der Waals surface area contributed by atoms with E-state index in [4.69, 9.17) is 4.74 Å². The van der Waals surface area contributed by atoms with E-state index in [9.17, 15) is 9.59 Å². The number of carbonyl (C=O) groups is 2. The van der Waals surface area contributed by atoms with Gasteiger partial charge in [0.15, 0.2) is 6.61 Å². The van der Waals surface area contributed by atoms with Gasteiger partial charge in [0.1, 0.15) is 0 Å². The molecule has 2 aromatic carbocycles. The maximum absolute atomic E-state index is 12.8. The molecule has 2 aromatic heterocycles. The highest BCUT2D eigenvalue weighted by Gasteiger charge is 2.17. The number of esters is 1. The number of ether oxygens (including phenoxy) is 1. The van der Waals surface area contributed by atoms with Crippen molar-refractivity contribution in [3.8, 4) is 10.6 Å². The smallest absolute Gasteiger partial charge is 0.339 e. The Bertz CT molecular complexity index is 1230. The van der Waals surface area contributed by atoms with Crippen molar-refractivity contribution in [1.29, 1.82) is 0 Å². The summed E-state index contributed by atoms with van der Waals surface area (Å²) in [5.74, 6) is -0.934. The van der Waals surface area contributed by atoms with Crippen LogP contribution in [0, 0.1) is 13.8 Å². The van der Waals surface area contributed by atoms with E-state index in [2.05, 4.69) is 10.3 Å². The SMILES string of the molecule is Cc1cccc(NC(=O)COC(=O)c2cc(-c3cccs3)nc3ccccc23)c1C. The number of amides is 1. The van der Waals surface area contributed by atoms with Gasteiger partial charge in [-0.2, -0.15) is 0 Å². The summed E-state index contributed by atoms with van der Waals surface area (Å²) in [6.45, 7) is 3.55. The molecule has 4 rings (SSSR count). The van der Waals surface area contributed by atoms with Crippen LogP contribution >= 0.6 is 11.3 Å². The number of benzene rings is 2. The molecule has 1 amide bonds. The number of rotatable bonds is 5. The number of nitrogens with zero attached hydrogens (tertiary/aromatic N) is 1. The summed E-state index contributed by atoms with van der Waals surface area (Å²) in [7, 11) is 0. The van der Waals surface area contributed by atoms with E-state index >= 15 is 0 Å². The summed E-state index contributed by atoms with van der Waals surface area (Å²) in [6.07, 6.45) is 0. The Hall–Kier alpha value is -3.51. The van der Waals surface area contributed by atoms with Crippen LogP contribution in [0.3, 0.4) is 0 Å². The molecule has 0 saturated carbocycles. The molecule has 0 radical (unpaired) electrons. The zero-order valence-electron chi connectivity index (χ0n) is 16.6. The third-order valence-electron chi connectivity index (χ3n) is 4.92. The van der Waals surface area contributed by atoms with Gasteiger partial charge in [-0.15, -0.1) is 11.3 Å². The Kier molecular flexibility index (Phi) is 5.59. The zero-order chi connectivity index (χ0) is 21.1. The van der Waals surface area contributed by atoms with Crippen molar-refractivity contribution in [3.63, 3.8) is 0 Å². The first-order valence-corrected chi connectivity index (χ1v) is 10.4. The molecule has 1 N–H and O–H groups in total. The topological polar surface area (TPSA) is 68.3 Å². The van der Waals surface area contributed by atoms with Crippen molar-refractivity contribution in [1.82, 2.24) is 4.98 Å². The lowest BCUT2D eigenvalue weighted by Gasteiger charge is -2.12. The first-order chi connectivity index (χ1) is 14.5. The third kappa shape index (κ3) is 4.09. The number of para-hydroxylation sites is 1. The van der Waals surface area contributed by atoms with Crippen LogP contribution in [0.5, 0.6) is 0 Å². The number of fused-ring (bicyclic) bond motifs is 1.